The first-order valence-electron chi connectivity index (χ1n) is 13.9. The molecule has 1 aliphatic carbocycles. The third-order valence-corrected chi connectivity index (χ3v) is 9.82. The van der Waals surface area contributed by atoms with Gasteiger partial charge in [0.05, 0.1) is 16.3 Å². The van der Waals surface area contributed by atoms with Crippen LogP contribution < -0.4 is 25.6 Å². The molecule has 3 aliphatic heterocycles. The number of ether oxygens (including phenoxy) is 1. The van der Waals surface area contributed by atoms with E-state index in [-0.39, 0.29) is 35.3 Å². The second kappa shape index (κ2) is 10.9. The Morgan fingerprint density at radius 1 is 1.10 bits per heavy atom. The lowest BCUT2D eigenvalue weighted by atomic mass is 9.86. The van der Waals surface area contributed by atoms with Gasteiger partial charge in [-0.2, -0.15) is 0 Å². The summed E-state index contributed by atoms with van der Waals surface area (Å²) in [7, 11) is 4.22. The number of nitrogens with one attached hydrogen (secondary N) is 3. The van der Waals surface area contributed by atoms with Crippen LogP contribution in [0.4, 0.5) is 10.5 Å². The minimum atomic E-state index is -0.176. The van der Waals surface area contributed by atoms with Gasteiger partial charge < -0.3 is 25.6 Å². The molecule has 3 heterocycles. The Kier molecular flexibility index (Phi) is 7.31. The number of hydrogen-bond donors (Lipinski definition) is 3. The Bertz CT molecular complexity index is 1280. The number of benzene rings is 2. The van der Waals surface area contributed by atoms with Gasteiger partial charge >= 0.3 is 6.03 Å². The fourth-order valence-corrected chi connectivity index (χ4v) is 7.90. The summed E-state index contributed by atoms with van der Waals surface area (Å²) in [5.41, 5.74) is 2.62. The first-order valence-corrected chi connectivity index (χ1v) is 14.8. The van der Waals surface area contributed by atoms with Crippen molar-refractivity contribution in [1.82, 2.24) is 20.9 Å². The fraction of sp³-hybridized carbons (Fsp3) is 0.467. The van der Waals surface area contributed by atoms with Gasteiger partial charge in [-0.1, -0.05) is 30.0 Å². The average Bonchev–Trinajstić information content (AvgIpc) is 3.30. The van der Waals surface area contributed by atoms with Crippen LogP contribution in [-0.2, 0) is 4.79 Å². The van der Waals surface area contributed by atoms with Crippen molar-refractivity contribution in [3.05, 3.63) is 64.7 Å². The zero-order valence-corrected chi connectivity index (χ0v) is 23.6. The van der Waals surface area contributed by atoms with Gasteiger partial charge in [0.25, 0.3) is 5.91 Å². The minimum Gasteiger partial charge on any atom is -0.457 e. The van der Waals surface area contributed by atoms with Gasteiger partial charge in [-0.15, -0.1) is 0 Å². The van der Waals surface area contributed by atoms with Crippen molar-refractivity contribution in [3.8, 4) is 11.5 Å². The van der Waals surface area contributed by atoms with Crippen LogP contribution in [-0.4, -0.2) is 61.0 Å². The van der Waals surface area contributed by atoms with Gasteiger partial charge in [0, 0.05) is 29.4 Å². The van der Waals surface area contributed by atoms with Gasteiger partial charge in [0.2, 0.25) is 0 Å². The molecule has 9 heteroatoms. The summed E-state index contributed by atoms with van der Waals surface area (Å²) in [6.45, 7) is 2.81. The molecular formula is C30H37N5O3S. The number of piperidine rings is 1. The van der Waals surface area contributed by atoms with E-state index in [1.807, 2.05) is 60.4 Å². The number of carbonyl (C=O) groups is 2. The molecule has 2 saturated heterocycles. The SMILES string of the molecule is Cc1cc(Oc2ccccc2)ccc1N1C(=O)NC2=C(C(=O)N[C@@H]3CCC[C@H](N(C)C)C3)SC3NCCC1C23. The molecule has 0 bridgehead atoms. The highest BCUT2D eigenvalue weighted by Gasteiger charge is 2.52. The average molecular weight is 548 g/mol. The predicted octanol–water partition coefficient (Wildman–Crippen LogP) is 4.57. The molecule has 1 saturated carbocycles. The van der Waals surface area contributed by atoms with E-state index in [1.165, 1.54) is 6.42 Å². The summed E-state index contributed by atoms with van der Waals surface area (Å²) < 4.78 is 6.01. The Labute approximate surface area is 234 Å². The van der Waals surface area contributed by atoms with Crippen LogP contribution in [0.1, 0.15) is 37.7 Å². The van der Waals surface area contributed by atoms with Crippen LogP contribution in [0, 0.1) is 12.8 Å². The van der Waals surface area contributed by atoms with Crippen LogP contribution >= 0.6 is 11.8 Å². The summed E-state index contributed by atoms with van der Waals surface area (Å²) >= 11 is 1.57. The number of para-hydroxylation sites is 1. The lowest BCUT2D eigenvalue weighted by Gasteiger charge is -2.46. The summed E-state index contributed by atoms with van der Waals surface area (Å²) in [4.78, 5) is 32.0. The number of amides is 3. The molecule has 3 N–H and O–H groups in total. The number of nitrogens with zero attached hydrogens (tertiary/aromatic N) is 2. The van der Waals surface area contributed by atoms with Crippen molar-refractivity contribution >= 4 is 29.4 Å². The van der Waals surface area contributed by atoms with Gasteiger partial charge in [0.15, 0.2) is 0 Å². The smallest absolute Gasteiger partial charge is 0.326 e. The minimum absolute atomic E-state index is 0.0230. The molecule has 6 rings (SSSR count). The van der Waals surface area contributed by atoms with E-state index < -0.39 is 0 Å². The van der Waals surface area contributed by atoms with Crippen molar-refractivity contribution < 1.29 is 14.3 Å². The topological polar surface area (TPSA) is 85.9 Å². The number of rotatable bonds is 6. The standard InChI is InChI=1S/C30H37N5O3S/c1-18-16-22(38-21-10-5-4-6-11-21)12-13-23(18)35-24-14-15-31-29-25(24)26(33-30(35)37)27(39-29)28(36)32-19-8-7-9-20(17-19)34(2)3/h4-6,10-13,16,19-20,24-25,29,31H,7-9,14-15,17H2,1-3H3,(H,32,36)(H,33,37)/t19-,20+,24?,25?,29?/m1/s1. The van der Waals surface area contributed by atoms with Crippen molar-refractivity contribution in [2.45, 2.75) is 62.5 Å². The third-order valence-electron chi connectivity index (χ3n) is 8.47. The molecule has 8 nitrogen and oxygen atoms in total. The normalized spacial score (nSPS) is 28.3. The van der Waals surface area contributed by atoms with Crippen LogP contribution in [0.5, 0.6) is 11.5 Å². The first kappa shape index (κ1) is 26.2. The Morgan fingerprint density at radius 2 is 1.92 bits per heavy atom. The van der Waals surface area contributed by atoms with E-state index in [2.05, 4.69) is 34.9 Å². The highest BCUT2D eigenvalue weighted by Crippen LogP contribution is 2.48. The third kappa shape index (κ3) is 5.15. The van der Waals surface area contributed by atoms with E-state index in [1.54, 1.807) is 11.8 Å². The summed E-state index contributed by atoms with van der Waals surface area (Å²) in [5.74, 6) is 1.48. The highest BCUT2D eigenvalue weighted by molar-refractivity contribution is 8.04. The van der Waals surface area contributed by atoms with Crippen molar-refractivity contribution in [2.24, 2.45) is 5.92 Å². The van der Waals surface area contributed by atoms with Crippen LogP contribution in [0.15, 0.2) is 59.1 Å². The Hall–Kier alpha value is -3.01. The molecule has 0 aromatic heterocycles. The predicted molar refractivity (Wildman–Crippen MR) is 155 cm³/mol. The first-order chi connectivity index (χ1) is 18.9. The van der Waals surface area contributed by atoms with Gasteiger partial charge in [-0.25, -0.2) is 4.79 Å². The molecule has 39 heavy (non-hydrogen) atoms. The number of thioether (sulfide) groups is 1. The number of carbonyl (C=O) groups excluding carboxylic acids is 2. The Balaban J connectivity index is 1.22. The fourth-order valence-electron chi connectivity index (χ4n) is 6.50. The summed E-state index contributed by atoms with van der Waals surface area (Å²) in [6.07, 6.45) is 5.07. The molecule has 3 unspecified atom stereocenters. The number of urea groups is 1. The largest absolute Gasteiger partial charge is 0.457 e. The number of aryl methyl sites for hydroxylation is 1. The zero-order valence-electron chi connectivity index (χ0n) is 22.8. The Morgan fingerprint density at radius 3 is 2.69 bits per heavy atom. The number of hydrogen-bond acceptors (Lipinski definition) is 6. The molecule has 2 aromatic carbocycles. The second-order valence-corrected chi connectivity index (χ2v) is 12.4. The molecular weight excluding hydrogens is 510 g/mol. The van der Waals surface area contributed by atoms with Crippen LogP contribution in [0.2, 0.25) is 0 Å². The van der Waals surface area contributed by atoms with Crippen LogP contribution in [0.25, 0.3) is 0 Å². The maximum atomic E-state index is 13.6. The van der Waals surface area contributed by atoms with E-state index >= 15 is 0 Å². The molecule has 4 aliphatic rings. The van der Waals surface area contributed by atoms with Gasteiger partial charge in [-0.3, -0.25) is 9.69 Å². The second-order valence-electron chi connectivity index (χ2n) is 11.2. The highest BCUT2D eigenvalue weighted by atomic mass is 32.2. The molecule has 3 fully saturated rings. The lowest BCUT2D eigenvalue weighted by Crippen LogP contribution is -2.62. The van der Waals surface area contributed by atoms with E-state index in [4.69, 9.17) is 4.74 Å². The monoisotopic (exact) mass is 547 g/mol. The molecule has 0 radical (unpaired) electrons. The molecule has 3 amide bonds. The van der Waals surface area contributed by atoms with Crippen LogP contribution in [0.3, 0.4) is 0 Å². The van der Waals surface area contributed by atoms with Crippen molar-refractivity contribution in [2.75, 3.05) is 25.5 Å². The summed E-state index contributed by atoms with van der Waals surface area (Å²) in [6, 6.07) is 16.0. The molecule has 2 aromatic rings. The van der Waals surface area contributed by atoms with E-state index in [9.17, 15) is 9.59 Å². The van der Waals surface area contributed by atoms with E-state index in [0.29, 0.717) is 10.9 Å². The summed E-state index contributed by atoms with van der Waals surface area (Å²) in [5, 5.41) is 10.1. The lowest BCUT2D eigenvalue weighted by molar-refractivity contribution is -0.117. The molecule has 0 spiro atoms. The molecule has 206 valence electrons. The zero-order chi connectivity index (χ0) is 27.1. The van der Waals surface area contributed by atoms with Crippen molar-refractivity contribution in [3.63, 3.8) is 0 Å². The van der Waals surface area contributed by atoms with Gasteiger partial charge in [-0.05, 0) is 95.6 Å². The number of anilines is 1. The maximum absolute atomic E-state index is 13.6. The quantitative estimate of drug-likeness (QED) is 0.491. The van der Waals surface area contributed by atoms with Crippen molar-refractivity contribution in [1.29, 1.82) is 0 Å². The van der Waals surface area contributed by atoms with E-state index in [0.717, 1.165) is 60.7 Å². The molecule has 5 atom stereocenters. The van der Waals surface area contributed by atoms with Gasteiger partial charge in [0.1, 0.15) is 11.5 Å². The maximum Gasteiger partial charge on any atom is 0.326 e.